The van der Waals surface area contributed by atoms with Crippen LogP contribution in [0.2, 0.25) is 0 Å². The average molecular weight is 249 g/mol. The number of ether oxygens (including phenoxy) is 1. The van der Waals surface area contributed by atoms with Gasteiger partial charge in [0.05, 0.1) is 6.10 Å². The molecule has 1 aromatic carbocycles. The van der Waals surface area contributed by atoms with Crippen LogP contribution in [0.4, 0.5) is 0 Å². The maximum Gasteiger partial charge on any atom is 0.0703 e. The SMILES string of the molecule is CCNC(Cc1cc(C)ccc1C)C(C)OCC. The van der Waals surface area contributed by atoms with E-state index in [1.807, 2.05) is 0 Å². The molecule has 0 radical (unpaired) electrons. The van der Waals surface area contributed by atoms with Gasteiger partial charge in [-0.15, -0.1) is 0 Å². The van der Waals surface area contributed by atoms with Crippen LogP contribution in [0.3, 0.4) is 0 Å². The van der Waals surface area contributed by atoms with Gasteiger partial charge in [0.15, 0.2) is 0 Å². The van der Waals surface area contributed by atoms with Crippen molar-refractivity contribution >= 4 is 0 Å². The minimum Gasteiger partial charge on any atom is -0.377 e. The zero-order chi connectivity index (χ0) is 13.5. The highest BCUT2D eigenvalue weighted by atomic mass is 16.5. The first kappa shape index (κ1) is 15.2. The first-order chi connectivity index (χ1) is 8.58. The summed E-state index contributed by atoms with van der Waals surface area (Å²) in [5, 5.41) is 3.54. The number of hydrogen-bond donors (Lipinski definition) is 1. The Morgan fingerprint density at radius 1 is 1.22 bits per heavy atom. The predicted octanol–water partition coefficient (Wildman–Crippen LogP) is 3.25. The maximum absolute atomic E-state index is 5.74. The molecular weight excluding hydrogens is 222 g/mol. The van der Waals surface area contributed by atoms with Gasteiger partial charge in [0, 0.05) is 12.6 Å². The predicted molar refractivity (Wildman–Crippen MR) is 78.2 cm³/mol. The van der Waals surface area contributed by atoms with Crippen LogP contribution in [0.5, 0.6) is 0 Å². The van der Waals surface area contributed by atoms with Gasteiger partial charge in [0.2, 0.25) is 0 Å². The molecule has 0 aliphatic rings. The molecule has 102 valence electrons. The van der Waals surface area contributed by atoms with Crippen molar-refractivity contribution in [1.82, 2.24) is 5.32 Å². The molecule has 0 saturated carbocycles. The lowest BCUT2D eigenvalue weighted by atomic mass is 9.96. The topological polar surface area (TPSA) is 21.3 Å². The van der Waals surface area contributed by atoms with Crippen LogP contribution in [0.1, 0.15) is 37.5 Å². The smallest absolute Gasteiger partial charge is 0.0703 e. The van der Waals surface area contributed by atoms with Crippen LogP contribution in [-0.2, 0) is 11.2 Å². The molecule has 1 N–H and O–H groups in total. The van der Waals surface area contributed by atoms with E-state index in [2.05, 4.69) is 58.1 Å². The standard InChI is InChI=1S/C16H27NO/c1-6-17-16(14(5)18-7-2)11-15-10-12(3)8-9-13(15)4/h8-10,14,16-17H,6-7,11H2,1-5H3. The zero-order valence-corrected chi connectivity index (χ0v) is 12.4. The normalized spacial score (nSPS) is 14.5. The van der Waals surface area contributed by atoms with E-state index < -0.39 is 0 Å². The van der Waals surface area contributed by atoms with E-state index in [9.17, 15) is 0 Å². The Hall–Kier alpha value is -0.860. The van der Waals surface area contributed by atoms with Gasteiger partial charge in [-0.2, -0.15) is 0 Å². The highest BCUT2D eigenvalue weighted by Crippen LogP contribution is 2.15. The molecular formula is C16H27NO. The van der Waals surface area contributed by atoms with Crippen LogP contribution in [0, 0.1) is 13.8 Å². The van der Waals surface area contributed by atoms with E-state index in [1.165, 1.54) is 16.7 Å². The van der Waals surface area contributed by atoms with Gasteiger partial charge < -0.3 is 10.1 Å². The molecule has 0 aliphatic heterocycles. The van der Waals surface area contributed by atoms with Crippen molar-refractivity contribution in [3.63, 3.8) is 0 Å². The second-order valence-electron chi connectivity index (χ2n) is 4.96. The van der Waals surface area contributed by atoms with Crippen LogP contribution in [0.15, 0.2) is 18.2 Å². The first-order valence-corrected chi connectivity index (χ1v) is 6.99. The lowest BCUT2D eigenvalue weighted by molar-refractivity contribution is 0.0480. The van der Waals surface area contributed by atoms with Gasteiger partial charge in [-0.05, 0) is 51.8 Å². The quantitative estimate of drug-likeness (QED) is 0.801. The number of likely N-dealkylation sites (N-methyl/N-ethyl adjacent to an activating group) is 1. The molecule has 0 amide bonds. The number of aryl methyl sites for hydroxylation is 2. The summed E-state index contributed by atoms with van der Waals surface area (Å²) < 4.78 is 5.74. The second-order valence-corrected chi connectivity index (χ2v) is 4.96. The second kappa shape index (κ2) is 7.55. The van der Waals surface area contributed by atoms with E-state index in [1.54, 1.807) is 0 Å². The van der Waals surface area contributed by atoms with E-state index in [-0.39, 0.29) is 6.10 Å². The van der Waals surface area contributed by atoms with Crippen molar-refractivity contribution in [3.05, 3.63) is 34.9 Å². The van der Waals surface area contributed by atoms with Crippen molar-refractivity contribution in [3.8, 4) is 0 Å². The van der Waals surface area contributed by atoms with E-state index in [0.717, 1.165) is 19.6 Å². The monoisotopic (exact) mass is 249 g/mol. The summed E-state index contributed by atoms with van der Waals surface area (Å²) in [5.74, 6) is 0. The van der Waals surface area contributed by atoms with E-state index >= 15 is 0 Å². The fourth-order valence-corrected chi connectivity index (χ4v) is 2.30. The van der Waals surface area contributed by atoms with E-state index in [0.29, 0.717) is 6.04 Å². The lowest BCUT2D eigenvalue weighted by Crippen LogP contribution is -2.41. The third-order valence-corrected chi connectivity index (χ3v) is 3.41. The van der Waals surface area contributed by atoms with Crippen LogP contribution in [-0.4, -0.2) is 25.3 Å². The molecule has 0 aromatic heterocycles. The van der Waals surface area contributed by atoms with Crippen molar-refractivity contribution in [2.75, 3.05) is 13.2 Å². The van der Waals surface area contributed by atoms with Crippen molar-refractivity contribution < 1.29 is 4.74 Å². The van der Waals surface area contributed by atoms with Gasteiger partial charge in [-0.1, -0.05) is 30.7 Å². The lowest BCUT2D eigenvalue weighted by Gasteiger charge is -2.25. The Morgan fingerprint density at radius 3 is 2.56 bits per heavy atom. The first-order valence-electron chi connectivity index (χ1n) is 6.99. The summed E-state index contributed by atoms with van der Waals surface area (Å²) in [6, 6.07) is 7.06. The largest absolute Gasteiger partial charge is 0.377 e. The van der Waals surface area contributed by atoms with Crippen LogP contribution >= 0.6 is 0 Å². The van der Waals surface area contributed by atoms with Gasteiger partial charge in [0.1, 0.15) is 0 Å². The summed E-state index contributed by atoms with van der Waals surface area (Å²) in [7, 11) is 0. The Morgan fingerprint density at radius 2 is 1.94 bits per heavy atom. The van der Waals surface area contributed by atoms with E-state index in [4.69, 9.17) is 4.74 Å². The molecule has 2 heteroatoms. The van der Waals surface area contributed by atoms with Crippen LogP contribution < -0.4 is 5.32 Å². The molecule has 0 spiro atoms. The zero-order valence-electron chi connectivity index (χ0n) is 12.4. The molecule has 0 fully saturated rings. The van der Waals surface area contributed by atoms with Crippen molar-refractivity contribution in [1.29, 1.82) is 0 Å². The van der Waals surface area contributed by atoms with Crippen LogP contribution in [0.25, 0.3) is 0 Å². The fourth-order valence-electron chi connectivity index (χ4n) is 2.30. The average Bonchev–Trinajstić information content (AvgIpc) is 2.33. The summed E-state index contributed by atoms with van der Waals surface area (Å²) in [6.45, 7) is 12.4. The van der Waals surface area contributed by atoms with Gasteiger partial charge >= 0.3 is 0 Å². The Labute approximate surface area is 112 Å². The molecule has 0 aliphatic carbocycles. The minimum atomic E-state index is 0.245. The number of benzene rings is 1. The molecule has 18 heavy (non-hydrogen) atoms. The Kier molecular flexibility index (Phi) is 6.37. The molecule has 2 nitrogen and oxygen atoms in total. The third kappa shape index (κ3) is 4.43. The van der Waals surface area contributed by atoms with Crippen molar-refractivity contribution in [2.24, 2.45) is 0 Å². The highest BCUT2D eigenvalue weighted by molar-refractivity contribution is 5.31. The summed E-state index contributed by atoms with van der Waals surface area (Å²) in [4.78, 5) is 0. The minimum absolute atomic E-state index is 0.245. The van der Waals surface area contributed by atoms with Gasteiger partial charge in [0.25, 0.3) is 0 Å². The van der Waals surface area contributed by atoms with Gasteiger partial charge in [-0.25, -0.2) is 0 Å². The molecule has 2 atom stereocenters. The molecule has 1 rings (SSSR count). The Bertz CT molecular complexity index is 362. The summed E-state index contributed by atoms with van der Waals surface area (Å²) in [5.41, 5.74) is 4.12. The summed E-state index contributed by atoms with van der Waals surface area (Å²) >= 11 is 0. The molecule has 1 aromatic rings. The Balaban J connectivity index is 2.78. The molecule has 2 unspecified atom stereocenters. The highest BCUT2D eigenvalue weighted by Gasteiger charge is 2.17. The molecule has 0 heterocycles. The van der Waals surface area contributed by atoms with Crippen molar-refractivity contribution in [2.45, 2.75) is 53.2 Å². The maximum atomic E-state index is 5.74. The summed E-state index contributed by atoms with van der Waals surface area (Å²) in [6.07, 6.45) is 1.28. The van der Waals surface area contributed by atoms with Gasteiger partial charge in [-0.3, -0.25) is 0 Å². The number of nitrogens with one attached hydrogen (secondary N) is 1. The number of rotatable bonds is 7. The third-order valence-electron chi connectivity index (χ3n) is 3.41. The fraction of sp³-hybridized carbons (Fsp3) is 0.625. The number of hydrogen-bond acceptors (Lipinski definition) is 2. The molecule has 0 saturated heterocycles. The molecule has 0 bridgehead atoms.